The van der Waals surface area contributed by atoms with Gasteiger partial charge >= 0.3 is 0 Å². The fourth-order valence-corrected chi connectivity index (χ4v) is 1.99. The highest BCUT2D eigenvalue weighted by Gasteiger charge is 2.44. The maximum Gasteiger partial charge on any atom is 0.229 e. The normalized spacial score (nSPS) is 21.1. The van der Waals surface area contributed by atoms with Crippen molar-refractivity contribution >= 4 is 5.91 Å². The number of rotatable bonds is 4. The van der Waals surface area contributed by atoms with Gasteiger partial charge in [0, 0.05) is 20.1 Å². The Kier molecular flexibility index (Phi) is 3.50. The molecule has 3 N–H and O–H groups in total. The molecule has 0 aromatic rings. The molecule has 0 radical (unpaired) electrons. The molecule has 1 unspecified atom stereocenters. The van der Waals surface area contributed by atoms with E-state index in [2.05, 4.69) is 0 Å². The number of carbonyl (C=O) groups is 1. The SMILES string of the molecule is CC(O)CN(C)C(=O)C1(CN)CCC1. The molecule has 1 aliphatic carbocycles. The first-order valence-electron chi connectivity index (χ1n) is 5.15. The highest BCUT2D eigenvalue weighted by molar-refractivity contribution is 5.83. The number of aliphatic hydroxyl groups excluding tert-OH is 1. The van der Waals surface area contributed by atoms with Crippen LogP contribution in [-0.4, -0.2) is 42.2 Å². The van der Waals surface area contributed by atoms with Gasteiger partial charge in [-0.1, -0.05) is 6.42 Å². The van der Waals surface area contributed by atoms with Crippen molar-refractivity contribution in [2.24, 2.45) is 11.1 Å². The standard InChI is InChI=1S/C10H20N2O2/c1-8(13)6-12(2)9(14)10(7-11)4-3-5-10/h8,13H,3-7,11H2,1-2H3. The van der Waals surface area contributed by atoms with Gasteiger partial charge in [-0.2, -0.15) is 0 Å². The minimum Gasteiger partial charge on any atom is -0.392 e. The van der Waals surface area contributed by atoms with Crippen molar-refractivity contribution in [2.45, 2.75) is 32.3 Å². The first kappa shape index (κ1) is 11.5. The predicted octanol–water partition coefficient (Wildman–Crippen LogP) is -0.0454. The van der Waals surface area contributed by atoms with E-state index in [9.17, 15) is 9.90 Å². The minimum absolute atomic E-state index is 0.0900. The second-order valence-corrected chi connectivity index (χ2v) is 4.37. The fraction of sp³-hybridized carbons (Fsp3) is 0.900. The summed E-state index contributed by atoms with van der Waals surface area (Å²) in [5.74, 6) is 0.0900. The smallest absolute Gasteiger partial charge is 0.229 e. The summed E-state index contributed by atoms with van der Waals surface area (Å²) < 4.78 is 0. The van der Waals surface area contributed by atoms with Crippen molar-refractivity contribution in [1.29, 1.82) is 0 Å². The van der Waals surface area contributed by atoms with E-state index in [0.717, 1.165) is 19.3 Å². The maximum absolute atomic E-state index is 11.9. The molecule has 1 amide bonds. The quantitative estimate of drug-likeness (QED) is 0.669. The number of hydrogen-bond acceptors (Lipinski definition) is 3. The first-order chi connectivity index (χ1) is 6.52. The monoisotopic (exact) mass is 200 g/mol. The molecule has 1 rings (SSSR count). The Labute approximate surface area is 85.1 Å². The van der Waals surface area contributed by atoms with Crippen LogP contribution in [0.1, 0.15) is 26.2 Å². The lowest BCUT2D eigenvalue weighted by Crippen LogP contribution is -2.52. The molecular weight excluding hydrogens is 180 g/mol. The van der Waals surface area contributed by atoms with Crippen LogP contribution in [0.3, 0.4) is 0 Å². The van der Waals surface area contributed by atoms with Crippen LogP contribution >= 0.6 is 0 Å². The van der Waals surface area contributed by atoms with Gasteiger partial charge in [0.25, 0.3) is 0 Å². The lowest BCUT2D eigenvalue weighted by atomic mass is 9.68. The number of hydrogen-bond donors (Lipinski definition) is 2. The Balaban J connectivity index is 2.54. The van der Waals surface area contributed by atoms with Gasteiger partial charge in [-0.3, -0.25) is 4.79 Å². The van der Waals surface area contributed by atoms with E-state index in [0.29, 0.717) is 13.1 Å². The van der Waals surface area contributed by atoms with Gasteiger partial charge in [0.05, 0.1) is 11.5 Å². The summed E-state index contributed by atoms with van der Waals surface area (Å²) in [5.41, 5.74) is 5.31. The van der Waals surface area contributed by atoms with Crippen LogP contribution in [0.2, 0.25) is 0 Å². The molecule has 0 saturated heterocycles. The van der Waals surface area contributed by atoms with Crippen LogP contribution in [-0.2, 0) is 4.79 Å². The van der Waals surface area contributed by atoms with Gasteiger partial charge in [-0.05, 0) is 19.8 Å². The number of aliphatic hydroxyl groups is 1. The summed E-state index contributed by atoms with van der Waals surface area (Å²) in [6, 6.07) is 0. The molecule has 4 nitrogen and oxygen atoms in total. The maximum atomic E-state index is 11.9. The summed E-state index contributed by atoms with van der Waals surface area (Å²) in [6.45, 7) is 2.50. The van der Waals surface area contributed by atoms with Crippen LogP contribution in [0.25, 0.3) is 0 Å². The number of likely N-dealkylation sites (N-methyl/N-ethyl adjacent to an activating group) is 1. The molecule has 1 fully saturated rings. The summed E-state index contributed by atoms with van der Waals surface area (Å²) in [6.07, 6.45) is 2.41. The molecule has 14 heavy (non-hydrogen) atoms. The number of amides is 1. The molecule has 1 atom stereocenters. The average molecular weight is 200 g/mol. The third-order valence-corrected chi connectivity index (χ3v) is 3.04. The Bertz CT molecular complexity index is 207. The average Bonchev–Trinajstić information content (AvgIpc) is 2.01. The first-order valence-corrected chi connectivity index (χ1v) is 5.15. The molecule has 0 aliphatic heterocycles. The van der Waals surface area contributed by atoms with Crippen LogP contribution in [0.5, 0.6) is 0 Å². The summed E-state index contributed by atoms with van der Waals surface area (Å²) in [5, 5.41) is 9.18. The van der Waals surface area contributed by atoms with Crippen molar-refractivity contribution < 1.29 is 9.90 Å². The second kappa shape index (κ2) is 4.28. The lowest BCUT2D eigenvalue weighted by Gasteiger charge is -2.42. The number of nitrogens with zero attached hydrogens (tertiary/aromatic N) is 1. The second-order valence-electron chi connectivity index (χ2n) is 4.37. The van der Waals surface area contributed by atoms with Crippen molar-refractivity contribution in [1.82, 2.24) is 4.90 Å². The van der Waals surface area contributed by atoms with Crippen molar-refractivity contribution in [3.8, 4) is 0 Å². The lowest BCUT2D eigenvalue weighted by molar-refractivity contribution is -0.146. The zero-order valence-electron chi connectivity index (χ0n) is 8.99. The van der Waals surface area contributed by atoms with Gasteiger partial charge in [-0.15, -0.1) is 0 Å². The summed E-state index contributed by atoms with van der Waals surface area (Å²) in [4.78, 5) is 13.5. The van der Waals surface area contributed by atoms with Crippen LogP contribution in [0, 0.1) is 5.41 Å². The predicted molar refractivity (Wildman–Crippen MR) is 54.7 cm³/mol. The molecule has 82 valence electrons. The Morgan fingerprint density at radius 1 is 1.64 bits per heavy atom. The molecule has 4 heteroatoms. The number of nitrogens with two attached hydrogens (primary N) is 1. The molecule has 0 aromatic heterocycles. The van der Waals surface area contributed by atoms with Gasteiger partial charge in [0.2, 0.25) is 5.91 Å². The zero-order valence-corrected chi connectivity index (χ0v) is 8.99. The third-order valence-electron chi connectivity index (χ3n) is 3.04. The topological polar surface area (TPSA) is 66.6 Å². The van der Waals surface area contributed by atoms with Crippen molar-refractivity contribution in [3.63, 3.8) is 0 Å². The van der Waals surface area contributed by atoms with E-state index in [1.54, 1.807) is 18.9 Å². The van der Waals surface area contributed by atoms with E-state index in [-0.39, 0.29) is 11.3 Å². The van der Waals surface area contributed by atoms with Gasteiger partial charge in [-0.25, -0.2) is 0 Å². The fourth-order valence-electron chi connectivity index (χ4n) is 1.99. The minimum atomic E-state index is -0.473. The van der Waals surface area contributed by atoms with Crippen LogP contribution in [0.15, 0.2) is 0 Å². The van der Waals surface area contributed by atoms with Gasteiger partial charge in [0.1, 0.15) is 0 Å². The van der Waals surface area contributed by atoms with Crippen LogP contribution < -0.4 is 5.73 Å². The van der Waals surface area contributed by atoms with E-state index in [4.69, 9.17) is 5.73 Å². The summed E-state index contributed by atoms with van der Waals surface area (Å²) >= 11 is 0. The molecule has 0 spiro atoms. The molecule has 1 aliphatic rings. The van der Waals surface area contributed by atoms with E-state index >= 15 is 0 Å². The van der Waals surface area contributed by atoms with Gasteiger partial charge in [0.15, 0.2) is 0 Å². The van der Waals surface area contributed by atoms with Crippen LogP contribution in [0.4, 0.5) is 0 Å². The molecule has 0 aromatic carbocycles. The zero-order chi connectivity index (χ0) is 10.8. The Morgan fingerprint density at radius 3 is 2.50 bits per heavy atom. The van der Waals surface area contributed by atoms with Crippen molar-refractivity contribution in [2.75, 3.05) is 20.1 Å². The molecule has 1 saturated carbocycles. The van der Waals surface area contributed by atoms with Gasteiger partial charge < -0.3 is 15.7 Å². The Morgan fingerprint density at radius 2 is 2.21 bits per heavy atom. The largest absolute Gasteiger partial charge is 0.392 e. The van der Waals surface area contributed by atoms with E-state index < -0.39 is 6.10 Å². The van der Waals surface area contributed by atoms with Crippen molar-refractivity contribution in [3.05, 3.63) is 0 Å². The van der Waals surface area contributed by atoms with E-state index in [1.165, 1.54) is 0 Å². The highest BCUT2D eigenvalue weighted by Crippen LogP contribution is 2.41. The number of carbonyl (C=O) groups excluding carboxylic acids is 1. The third kappa shape index (κ3) is 2.07. The molecule has 0 heterocycles. The Hall–Kier alpha value is -0.610. The molecular formula is C10H20N2O2. The summed E-state index contributed by atoms with van der Waals surface area (Å²) in [7, 11) is 1.73. The van der Waals surface area contributed by atoms with E-state index in [1.807, 2.05) is 0 Å². The molecule has 0 bridgehead atoms. The highest BCUT2D eigenvalue weighted by atomic mass is 16.3.